The zero-order valence-corrected chi connectivity index (χ0v) is 15.3. The van der Waals surface area contributed by atoms with Crippen LogP contribution in [-0.4, -0.2) is 26.5 Å². The first-order valence-corrected chi connectivity index (χ1v) is 8.96. The predicted octanol–water partition coefficient (Wildman–Crippen LogP) is 4.01. The van der Waals surface area contributed by atoms with Crippen molar-refractivity contribution >= 4 is 11.6 Å². The van der Waals surface area contributed by atoms with Gasteiger partial charge in [-0.1, -0.05) is 18.2 Å². The second kappa shape index (κ2) is 8.94. The molecule has 3 rings (SSSR count). The maximum Gasteiger partial charge on any atom is 0.181 e. The highest BCUT2D eigenvalue weighted by atomic mass is 16.1. The van der Waals surface area contributed by atoms with Crippen molar-refractivity contribution in [2.24, 2.45) is 0 Å². The molecule has 0 atom stereocenters. The fourth-order valence-electron chi connectivity index (χ4n) is 2.98. The number of Topliss-reactive ketones (excluding diaryl/α,β-unsaturated/α-hetero) is 2. The molecule has 5 nitrogen and oxygen atoms in total. The topological polar surface area (TPSA) is 72.8 Å². The van der Waals surface area contributed by atoms with E-state index in [9.17, 15) is 9.59 Å². The van der Waals surface area contributed by atoms with E-state index in [1.165, 1.54) is 0 Å². The number of carbonyl (C=O) groups is 2. The van der Waals surface area contributed by atoms with Gasteiger partial charge in [0.15, 0.2) is 11.6 Å². The van der Waals surface area contributed by atoms with Crippen molar-refractivity contribution in [2.45, 2.75) is 32.6 Å². The molecule has 0 aliphatic heterocycles. The van der Waals surface area contributed by atoms with Crippen molar-refractivity contribution in [1.82, 2.24) is 15.0 Å². The molecule has 3 heterocycles. The van der Waals surface area contributed by atoms with Gasteiger partial charge in [-0.15, -0.1) is 0 Å². The van der Waals surface area contributed by atoms with Crippen LogP contribution in [0.15, 0.2) is 61.2 Å². The van der Waals surface area contributed by atoms with Crippen LogP contribution >= 0.6 is 0 Å². The van der Waals surface area contributed by atoms with Gasteiger partial charge in [-0.3, -0.25) is 24.5 Å². The van der Waals surface area contributed by atoms with Crippen LogP contribution in [0.3, 0.4) is 0 Å². The molecule has 5 heteroatoms. The van der Waals surface area contributed by atoms with Crippen LogP contribution in [0.2, 0.25) is 0 Å². The Morgan fingerprint density at radius 1 is 0.852 bits per heavy atom. The summed E-state index contributed by atoms with van der Waals surface area (Å²) in [7, 11) is 0. The molecule has 0 saturated carbocycles. The normalized spacial score (nSPS) is 10.6. The van der Waals surface area contributed by atoms with E-state index in [1.807, 2.05) is 37.3 Å². The Kier molecular flexibility index (Phi) is 6.15. The van der Waals surface area contributed by atoms with Gasteiger partial charge in [0.05, 0.1) is 0 Å². The molecule has 0 aliphatic rings. The smallest absolute Gasteiger partial charge is 0.181 e. The van der Waals surface area contributed by atoms with E-state index in [1.54, 1.807) is 30.9 Å². The molecule has 3 aromatic heterocycles. The summed E-state index contributed by atoms with van der Waals surface area (Å²) in [6.07, 6.45) is 8.43. The highest BCUT2D eigenvalue weighted by molar-refractivity contribution is 5.97. The number of rotatable bonds is 8. The highest BCUT2D eigenvalue weighted by Gasteiger charge is 2.15. The summed E-state index contributed by atoms with van der Waals surface area (Å²) < 4.78 is 0. The second-order valence-electron chi connectivity index (χ2n) is 6.42. The average Bonchev–Trinajstić information content (AvgIpc) is 2.69. The summed E-state index contributed by atoms with van der Waals surface area (Å²) in [5, 5.41) is 0. The molecule has 0 aliphatic carbocycles. The molecule has 136 valence electrons. The number of pyridine rings is 3. The third-order valence-corrected chi connectivity index (χ3v) is 4.35. The molecule has 0 N–H and O–H groups in total. The lowest BCUT2D eigenvalue weighted by molar-refractivity contribution is 0.0951. The molecule has 27 heavy (non-hydrogen) atoms. The maximum absolute atomic E-state index is 12.6. The molecule has 0 bridgehead atoms. The van der Waals surface area contributed by atoms with E-state index in [4.69, 9.17) is 0 Å². The van der Waals surface area contributed by atoms with E-state index in [0.717, 1.165) is 16.7 Å². The van der Waals surface area contributed by atoms with E-state index >= 15 is 0 Å². The lowest BCUT2D eigenvalue weighted by Crippen LogP contribution is -2.09. The zero-order chi connectivity index (χ0) is 19.1. The minimum absolute atomic E-state index is 0.0301. The summed E-state index contributed by atoms with van der Waals surface area (Å²) in [5.41, 5.74) is 3.72. The molecule has 0 unspecified atom stereocenters. The van der Waals surface area contributed by atoms with Gasteiger partial charge in [-0.2, -0.15) is 0 Å². The number of nitrogens with zero attached hydrogens (tertiary/aromatic N) is 3. The first kappa shape index (κ1) is 18.6. The molecular formula is C22H21N3O2. The second-order valence-corrected chi connectivity index (χ2v) is 6.42. The van der Waals surface area contributed by atoms with Gasteiger partial charge >= 0.3 is 0 Å². The Hall–Kier alpha value is -3.21. The van der Waals surface area contributed by atoms with Crippen molar-refractivity contribution in [1.29, 1.82) is 0 Å². The van der Waals surface area contributed by atoms with Gasteiger partial charge < -0.3 is 0 Å². The first-order valence-electron chi connectivity index (χ1n) is 8.96. The number of aryl methyl sites for hydroxylation is 1. The summed E-state index contributed by atoms with van der Waals surface area (Å²) in [6, 6.07) is 11.3. The van der Waals surface area contributed by atoms with Crippen LogP contribution in [-0.2, 0) is 6.42 Å². The van der Waals surface area contributed by atoms with E-state index in [2.05, 4.69) is 15.0 Å². The van der Waals surface area contributed by atoms with Gasteiger partial charge in [0.1, 0.15) is 11.4 Å². The zero-order valence-electron chi connectivity index (χ0n) is 15.3. The summed E-state index contributed by atoms with van der Waals surface area (Å²) in [5.74, 6) is -0.0717. The van der Waals surface area contributed by atoms with Crippen molar-refractivity contribution in [3.05, 3.63) is 89.3 Å². The van der Waals surface area contributed by atoms with Crippen LogP contribution < -0.4 is 0 Å². The molecule has 0 spiro atoms. The minimum Gasteiger partial charge on any atom is -0.292 e. The molecule has 0 amide bonds. The minimum atomic E-state index is -0.0416. The monoisotopic (exact) mass is 359 g/mol. The standard InChI is InChI=1S/C22H21N3O2/c1-16-6-3-12-24-21(16)19(26)9-2-10-20(27)22-18(8-5-13-25-22)14-17-7-4-11-23-15-17/h3-8,11-13,15H,2,9-10,14H2,1H3. The Labute approximate surface area is 158 Å². The highest BCUT2D eigenvalue weighted by Crippen LogP contribution is 2.16. The number of hydrogen-bond acceptors (Lipinski definition) is 5. The van der Waals surface area contributed by atoms with Gasteiger partial charge in [-0.05, 0) is 48.2 Å². The fraction of sp³-hybridized carbons (Fsp3) is 0.227. The Balaban J connectivity index is 1.62. The molecule has 0 fully saturated rings. The van der Waals surface area contributed by atoms with Crippen LogP contribution in [0, 0.1) is 6.92 Å². The molecule has 0 radical (unpaired) electrons. The lowest BCUT2D eigenvalue weighted by Gasteiger charge is -2.08. The van der Waals surface area contributed by atoms with Crippen LogP contribution in [0.4, 0.5) is 0 Å². The van der Waals surface area contributed by atoms with Gasteiger partial charge in [0, 0.05) is 44.0 Å². The predicted molar refractivity (Wildman–Crippen MR) is 103 cm³/mol. The van der Waals surface area contributed by atoms with Crippen molar-refractivity contribution in [2.75, 3.05) is 0 Å². The summed E-state index contributed by atoms with van der Waals surface area (Å²) in [6.45, 7) is 1.87. The van der Waals surface area contributed by atoms with Gasteiger partial charge in [-0.25, -0.2) is 0 Å². The Bertz CT molecular complexity index is 939. The van der Waals surface area contributed by atoms with Crippen molar-refractivity contribution in [3.63, 3.8) is 0 Å². The average molecular weight is 359 g/mol. The number of aromatic nitrogens is 3. The molecule has 0 aromatic carbocycles. The van der Waals surface area contributed by atoms with Crippen LogP contribution in [0.25, 0.3) is 0 Å². The molecule has 0 saturated heterocycles. The Morgan fingerprint density at radius 3 is 2.22 bits per heavy atom. The van der Waals surface area contributed by atoms with Gasteiger partial charge in [0.25, 0.3) is 0 Å². The maximum atomic E-state index is 12.6. The lowest BCUT2D eigenvalue weighted by atomic mass is 9.99. The fourth-order valence-corrected chi connectivity index (χ4v) is 2.98. The van der Waals surface area contributed by atoms with E-state index in [0.29, 0.717) is 30.7 Å². The number of carbonyl (C=O) groups excluding carboxylic acids is 2. The SMILES string of the molecule is Cc1cccnc1C(=O)CCCC(=O)c1ncccc1Cc1cccnc1. The van der Waals surface area contributed by atoms with E-state index < -0.39 is 0 Å². The number of ketones is 2. The van der Waals surface area contributed by atoms with Crippen LogP contribution in [0.1, 0.15) is 56.9 Å². The molecule has 3 aromatic rings. The first-order chi connectivity index (χ1) is 13.1. The van der Waals surface area contributed by atoms with Gasteiger partial charge in [0.2, 0.25) is 0 Å². The Morgan fingerprint density at radius 2 is 1.52 bits per heavy atom. The largest absolute Gasteiger partial charge is 0.292 e. The molecular weight excluding hydrogens is 338 g/mol. The third kappa shape index (κ3) is 4.91. The van der Waals surface area contributed by atoms with Crippen molar-refractivity contribution < 1.29 is 9.59 Å². The van der Waals surface area contributed by atoms with Crippen LogP contribution in [0.5, 0.6) is 0 Å². The van der Waals surface area contributed by atoms with Crippen molar-refractivity contribution in [3.8, 4) is 0 Å². The quantitative estimate of drug-likeness (QED) is 0.568. The van der Waals surface area contributed by atoms with E-state index in [-0.39, 0.29) is 18.0 Å². The number of hydrogen-bond donors (Lipinski definition) is 0. The summed E-state index contributed by atoms with van der Waals surface area (Å²) >= 11 is 0. The third-order valence-electron chi connectivity index (χ3n) is 4.35. The summed E-state index contributed by atoms with van der Waals surface area (Å²) in [4.78, 5) is 37.5.